The normalized spacial score (nSPS) is 26.9. The second-order valence-corrected chi connectivity index (χ2v) is 5.18. The molecule has 1 N–H and O–H groups in total. The molecule has 2 unspecified atom stereocenters. The summed E-state index contributed by atoms with van der Waals surface area (Å²) in [5, 5.41) is 9.99. The summed E-state index contributed by atoms with van der Waals surface area (Å²) in [6.07, 6.45) is 5.07. The van der Waals surface area contributed by atoms with E-state index in [9.17, 15) is 5.11 Å². The lowest BCUT2D eigenvalue weighted by Crippen LogP contribution is -2.18. The van der Waals surface area contributed by atoms with Crippen LogP contribution in [-0.2, 0) is 11.2 Å². The maximum Gasteiger partial charge on any atom is 0.122 e. The van der Waals surface area contributed by atoms with E-state index in [1.807, 2.05) is 18.2 Å². The first-order chi connectivity index (χ1) is 8.84. The van der Waals surface area contributed by atoms with Gasteiger partial charge in [-0.05, 0) is 49.3 Å². The van der Waals surface area contributed by atoms with Gasteiger partial charge in [-0.1, -0.05) is 12.1 Å². The summed E-state index contributed by atoms with van der Waals surface area (Å²) < 4.78 is 11.5. The van der Waals surface area contributed by atoms with Crippen LogP contribution in [0, 0.1) is 0 Å². The van der Waals surface area contributed by atoms with Gasteiger partial charge in [0.2, 0.25) is 0 Å². The van der Waals surface area contributed by atoms with Crippen LogP contribution >= 0.6 is 0 Å². The molecule has 3 rings (SSSR count). The van der Waals surface area contributed by atoms with E-state index in [2.05, 4.69) is 0 Å². The van der Waals surface area contributed by atoms with Crippen LogP contribution < -0.4 is 4.74 Å². The summed E-state index contributed by atoms with van der Waals surface area (Å²) in [5.74, 6) is 0.932. The predicted octanol–water partition coefficient (Wildman–Crippen LogP) is 2.61. The van der Waals surface area contributed by atoms with Crippen LogP contribution in [0.5, 0.6) is 5.75 Å². The quantitative estimate of drug-likeness (QED) is 0.893. The minimum absolute atomic E-state index is 0.245. The third-order valence-electron chi connectivity index (χ3n) is 3.88. The number of hydrogen-bond acceptors (Lipinski definition) is 3. The molecule has 1 heterocycles. The Kier molecular flexibility index (Phi) is 3.52. The molecule has 0 saturated carbocycles. The fraction of sp³-hybridized carbons (Fsp3) is 0.600. The van der Waals surface area contributed by atoms with Gasteiger partial charge >= 0.3 is 0 Å². The molecule has 0 amide bonds. The zero-order chi connectivity index (χ0) is 12.4. The lowest BCUT2D eigenvalue weighted by Gasteiger charge is -2.24. The van der Waals surface area contributed by atoms with Crippen LogP contribution in [0.15, 0.2) is 18.2 Å². The molecule has 2 atom stereocenters. The fourth-order valence-corrected chi connectivity index (χ4v) is 2.88. The average Bonchev–Trinajstić information content (AvgIpc) is 2.90. The third-order valence-corrected chi connectivity index (χ3v) is 3.88. The van der Waals surface area contributed by atoms with Crippen LogP contribution in [-0.4, -0.2) is 24.4 Å². The summed E-state index contributed by atoms with van der Waals surface area (Å²) in [6, 6.07) is 5.99. The zero-order valence-electron chi connectivity index (χ0n) is 10.6. The summed E-state index contributed by atoms with van der Waals surface area (Å²) >= 11 is 0. The van der Waals surface area contributed by atoms with E-state index in [1.54, 1.807) is 0 Å². The molecule has 0 aromatic heterocycles. The SMILES string of the molecule is OC1CCCc2c(OCC3CCCO3)cccc21. The minimum atomic E-state index is -0.319. The summed E-state index contributed by atoms with van der Waals surface area (Å²) in [5.41, 5.74) is 2.24. The van der Waals surface area contributed by atoms with E-state index in [0.717, 1.165) is 50.0 Å². The Balaban J connectivity index is 1.73. The Morgan fingerprint density at radius 3 is 3.06 bits per heavy atom. The van der Waals surface area contributed by atoms with Crippen molar-refractivity contribution in [3.05, 3.63) is 29.3 Å². The molecule has 1 saturated heterocycles. The number of aliphatic hydroxyl groups is 1. The van der Waals surface area contributed by atoms with Crippen LogP contribution in [0.2, 0.25) is 0 Å². The highest BCUT2D eigenvalue weighted by atomic mass is 16.5. The van der Waals surface area contributed by atoms with Crippen molar-refractivity contribution in [2.45, 2.75) is 44.3 Å². The zero-order valence-corrected chi connectivity index (χ0v) is 10.6. The number of rotatable bonds is 3. The van der Waals surface area contributed by atoms with Gasteiger partial charge in [-0.15, -0.1) is 0 Å². The first kappa shape index (κ1) is 12.0. The number of hydrogen-bond donors (Lipinski definition) is 1. The van der Waals surface area contributed by atoms with E-state index >= 15 is 0 Å². The highest BCUT2D eigenvalue weighted by Gasteiger charge is 2.22. The van der Waals surface area contributed by atoms with Crippen molar-refractivity contribution >= 4 is 0 Å². The Labute approximate surface area is 108 Å². The van der Waals surface area contributed by atoms with Crippen molar-refractivity contribution in [1.29, 1.82) is 0 Å². The predicted molar refractivity (Wildman–Crippen MR) is 68.8 cm³/mol. The largest absolute Gasteiger partial charge is 0.491 e. The smallest absolute Gasteiger partial charge is 0.122 e. The van der Waals surface area contributed by atoms with Gasteiger partial charge in [-0.2, -0.15) is 0 Å². The van der Waals surface area contributed by atoms with Gasteiger partial charge in [0.05, 0.1) is 12.2 Å². The highest BCUT2D eigenvalue weighted by molar-refractivity contribution is 5.42. The Bertz CT molecular complexity index is 410. The Hall–Kier alpha value is -1.06. The van der Waals surface area contributed by atoms with Crippen LogP contribution in [0.3, 0.4) is 0 Å². The van der Waals surface area contributed by atoms with Crippen LogP contribution in [0.4, 0.5) is 0 Å². The lowest BCUT2D eigenvalue weighted by atomic mass is 9.89. The summed E-state index contributed by atoms with van der Waals surface area (Å²) in [7, 11) is 0. The van der Waals surface area contributed by atoms with E-state index in [0.29, 0.717) is 6.61 Å². The maximum absolute atomic E-state index is 9.99. The molecular weight excluding hydrogens is 228 g/mol. The molecule has 3 heteroatoms. The molecule has 1 aromatic rings. The van der Waals surface area contributed by atoms with Gasteiger partial charge in [-0.3, -0.25) is 0 Å². The first-order valence-electron chi connectivity index (χ1n) is 6.89. The molecule has 2 aliphatic rings. The average molecular weight is 248 g/mol. The first-order valence-corrected chi connectivity index (χ1v) is 6.89. The molecule has 0 spiro atoms. The Morgan fingerprint density at radius 1 is 1.28 bits per heavy atom. The molecule has 1 aromatic carbocycles. The minimum Gasteiger partial charge on any atom is -0.491 e. The van der Waals surface area contributed by atoms with Crippen molar-refractivity contribution in [3.8, 4) is 5.75 Å². The third kappa shape index (κ3) is 2.38. The van der Waals surface area contributed by atoms with Gasteiger partial charge in [-0.25, -0.2) is 0 Å². The topological polar surface area (TPSA) is 38.7 Å². The van der Waals surface area contributed by atoms with Crippen molar-refractivity contribution in [1.82, 2.24) is 0 Å². The number of fused-ring (bicyclic) bond motifs is 1. The fourth-order valence-electron chi connectivity index (χ4n) is 2.88. The molecule has 18 heavy (non-hydrogen) atoms. The van der Waals surface area contributed by atoms with Crippen molar-refractivity contribution < 1.29 is 14.6 Å². The number of ether oxygens (including phenoxy) is 2. The van der Waals surface area contributed by atoms with Gasteiger partial charge in [0.1, 0.15) is 12.4 Å². The molecular formula is C15H20O3. The van der Waals surface area contributed by atoms with E-state index in [4.69, 9.17) is 9.47 Å². The van der Waals surface area contributed by atoms with Crippen molar-refractivity contribution in [2.75, 3.05) is 13.2 Å². The van der Waals surface area contributed by atoms with E-state index in [-0.39, 0.29) is 12.2 Å². The van der Waals surface area contributed by atoms with Crippen molar-refractivity contribution in [3.63, 3.8) is 0 Å². The van der Waals surface area contributed by atoms with Gasteiger partial charge in [0.15, 0.2) is 0 Å². The van der Waals surface area contributed by atoms with E-state index < -0.39 is 0 Å². The lowest BCUT2D eigenvalue weighted by molar-refractivity contribution is 0.0672. The molecule has 1 aliphatic carbocycles. The number of aliphatic hydroxyl groups excluding tert-OH is 1. The van der Waals surface area contributed by atoms with E-state index in [1.165, 1.54) is 5.56 Å². The van der Waals surface area contributed by atoms with Crippen molar-refractivity contribution in [2.24, 2.45) is 0 Å². The Morgan fingerprint density at radius 2 is 2.22 bits per heavy atom. The molecule has 3 nitrogen and oxygen atoms in total. The maximum atomic E-state index is 9.99. The van der Waals surface area contributed by atoms with Gasteiger partial charge in [0.25, 0.3) is 0 Å². The molecule has 98 valence electrons. The second kappa shape index (κ2) is 5.29. The standard InChI is InChI=1S/C15H20O3/c16-14-7-1-6-13-12(14)5-2-8-15(13)18-10-11-4-3-9-17-11/h2,5,8,11,14,16H,1,3-4,6-7,9-10H2. The highest BCUT2D eigenvalue weighted by Crippen LogP contribution is 2.35. The van der Waals surface area contributed by atoms with Crippen LogP contribution in [0.25, 0.3) is 0 Å². The molecule has 1 aliphatic heterocycles. The number of benzene rings is 1. The van der Waals surface area contributed by atoms with Crippen LogP contribution in [0.1, 0.15) is 42.9 Å². The monoisotopic (exact) mass is 248 g/mol. The molecule has 0 bridgehead atoms. The second-order valence-electron chi connectivity index (χ2n) is 5.18. The molecule has 1 fully saturated rings. The summed E-state index contributed by atoms with van der Waals surface area (Å²) in [6.45, 7) is 1.49. The summed E-state index contributed by atoms with van der Waals surface area (Å²) in [4.78, 5) is 0. The molecule has 0 radical (unpaired) electrons. The van der Waals surface area contributed by atoms with Gasteiger partial charge < -0.3 is 14.6 Å². The van der Waals surface area contributed by atoms with Gasteiger partial charge in [0, 0.05) is 6.61 Å².